The molecule has 3 nitrogen and oxygen atoms in total. The molecule has 0 aliphatic rings. The molecule has 0 aliphatic heterocycles. The second-order valence-corrected chi connectivity index (χ2v) is 5.60. The van der Waals surface area contributed by atoms with Gasteiger partial charge in [0.25, 0.3) is 0 Å². The van der Waals surface area contributed by atoms with Gasteiger partial charge in [-0.3, -0.25) is 0 Å². The molecule has 0 radical (unpaired) electrons. The third-order valence-electron chi connectivity index (χ3n) is 2.59. The summed E-state index contributed by atoms with van der Waals surface area (Å²) in [5.41, 5.74) is 0. The van der Waals surface area contributed by atoms with E-state index in [9.17, 15) is 0 Å². The molecule has 0 bridgehead atoms. The number of unbranched alkanes of at least 4 members (excludes halogenated alkanes) is 3. The summed E-state index contributed by atoms with van der Waals surface area (Å²) in [6.07, 6.45) is 5.01. The Kier molecular flexibility index (Phi) is 13.2. The van der Waals surface area contributed by atoms with Crippen LogP contribution in [0.2, 0.25) is 0 Å². The fourth-order valence-corrected chi connectivity index (χ4v) is 1.61. The van der Waals surface area contributed by atoms with Crippen molar-refractivity contribution in [1.29, 1.82) is 0 Å². The van der Waals surface area contributed by atoms with E-state index < -0.39 is 0 Å². The minimum Gasteiger partial charge on any atom is -0.379 e. The van der Waals surface area contributed by atoms with E-state index in [2.05, 4.69) is 33.0 Å². The third-order valence-corrected chi connectivity index (χ3v) is 2.59. The van der Waals surface area contributed by atoms with Gasteiger partial charge in [-0.05, 0) is 25.3 Å². The van der Waals surface area contributed by atoms with E-state index in [1.165, 1.54) is 25.7 Å². The Bertz CT molecular complexity index is 143. The van der Waals surface area contributed by atoms with Crippen LogP contribution in [-0.2, 0) is 9.47 Å². The maximum Gasteiger partial charge on any atom is 0.0700 e. The van der Waals surface area contributed by atoms with Gasteiger partial charge in [-0.1, -0.05) is 40.5 Å². The predicted molar refractivity (Wildman–Crippen MR) is 78.1 cm³/mol. The summed E-state index contributed by atoms with van der Waals surface area (Å²) in [5, 5.41) is 3.43. The van der Waals surface area contributed by atoms with Gasteiger partial charge >= 0.3 is 0 Å². The molecule has 0 amide bonds. The largest absolute Gasteiger partial charge is 0.379 e. The minimum atomic E-state index is 0.610. The third kappa shape index (κ3) is 15.9. The highest BCUT2D eigenvalue weighted by Gasteiger charge is 1.95. The molecule has 1 N–H and O–H groups in total. The van der Waals surface area contributed by atoms with E-state index in [1.54, 1.807) is 0 Å². The summed E-state index contributed by atoms with van der Waals surface area (Å²) in [6.45, 7) is 13.0. The van der Waals surface area contributed by atoms with Gasteiger partial charge in [-0.25, -0.2) is 0 Å². The van der Waals surface area contributed by atoms with Crippen LogP contribution in [0.15, 0.2) is 0 Å². The van der Waals surface area contributed by atoms with Crippen molar-refractivity contribution in [2.24, 2.45) is 5.92 Å². The maximum atomic E-state index is 5.52. The Balaban J connectivity index is 2.95. The highest BCUT2D eigenvalue weighted by Crippen LogP contribution is 2.00. The fourth-order valence-electron chi connectivity index (χ4n) is 1.61. The average molecular weight is 259 g/mol. The highest BCUT2D eigenvalue weighted by atomic mass is 16.5. The molecule has 0 saturated carbocycles. The van der Waals surface area contributed by atoms with Crippen LogP contribution in [0.25, 0.3) is 0 Å². The molecular formula is C15H33NO2. The van der Waals surface area contributed by atoms with Crippen molar-refractivity contribution in [2.75, 3.05) is 33.0 Å². The zero-order valence-electron chi connectivity index (χ0n) is 12.8. The fraction of sp³-hybridized carbons (Fsp3) is 1.00. The van der Waals surface area contributed by atoms with E-state index in [4.69, 9.17) is 9.47 Å². The molecule has 0 aromatic heterocycles. The molecule has 0 aromatic rings. The number of nitrogens with one attached hydrogen (secondary N) is 1. The van der Waals surface area contributed by atoms with E-state index >= 15 is 0 Å². The summed E-state index contributed by atoms with van der Waals surface area (Å²) >= 11 is 0. The first-order chi connectivity index (χ1) is 8.63. The molecule has 0 saturated heterocycles. The van der Waals surface area contributed by atoms with E-state index in [0.717, 1.165) is 33.0 Å². The smallest absolute Gasteiger partial charge is 0.0700 e. The minimum absolute atomic E-state index is 0.610. The van der Waals surface area contributed by atoms with Crippen molar-refractivity contribution in [2.45, 2.75) is 59.4 Å². The van der Waals surface area contributed by atoms with Gasteiger partial charge in [-0.2, -0.15) is 0 Å². The molecular weight excluding hydrogens is 226 g/mol. The summed E-state index contributed by atoms with van der Waals surface area (Å²) in [7, 11) is 0. The SMILES string of the molecule is CC(C)COCCOCCCCCCNC(C)C. The van der Waals surface area contributed by atoms with Crippen LogP contribution in [0.3, 0.4) is 0 Å². The summed E-state index contributed by atoms with van der Waals surface area (Å²) in [4.78, 5) is 0. The first-order valence-electron chi connectivity index (χ1n) is 7.51. The molecule has 3 heteroatoms. The molecule has 0 aliphatic carbocycles. The van der Waals surface area contributed by atoms with Gasteiger partial charge in [0, 0.05) is 19.3 Å². The lowest BCUT2D eigenvalue weighted by Gasteiger charge is -2.08. The van der Waals surface area contributed by atoms with Crippen molar-refractivity contribution in [3.8, 4) is 0 Å². The van der Waals surface area contributed by atoms with Gasteiger partial charge in [-0.15, -0.1) is 0 Å². The number of hydrogen-bond acceptors (Lipinski definition) is 3. The molecule has 0 fully saturated rings. The lowest BCUT2D eigenvalue weighted by molar-refractivity contribution is 0.0365. The topological polar surface area (TPSA) is 30.5 Å². The van der Waals surface area contributed by atoms with Crippen LogP contribution in [0, 0.1) is 5.92 Å². The van der Waals surface area contributed by atoms with E-state index in [0.29, 0.717) is 12.0 Å². The van der Waals surface area contributed by atoms with Crippen LogP contribution in [0.1, 0.15) is 53.4 Å². The molecule has 110 valence electrons. The first kappa shape index (κ1) is 17.9. The van der Waals surface area contributed by atoms with Crippen molar-refractivity contribution in [1.82, 2.24) is 5.32 Å². The molecule has 0 spiro atoms. The van der Waals surface area contributed by atoms with Crippen LogP contribution in [0.4, 0.5) is 0 Å². The lowest BCUT2D eigenvalue weighted by atomic mass is 10.2. The number of ether oxygens (including phenoxy) is 2. The van der Waals surface area contributed by atoms with Crippen LogP contribution in [0.5, 0.6) is 0 Å². The number of hydrogen-bond donors (Lipinski definition) is 1. The van der Waals surface area contributed by atoms with Crippen LogP contribution < -0.4 is 5.32 Å². The highest BCUT2D eigenvalue weighted by molar-refractivity contribution is 4.53. The first-order valence-corrected chi connectivity index (χ1v) is 7.51. The Morgan fingerprint density at radius 1 is 0.778 bits per heavy atom. The molecule has 0 aromatic carbocycles. The van der Waals surface area contributed by atoms with Crippen molar-refractivity contribution >= 4 is 0 Å². The predicted octanol–water partition coefficient (Wildman–Crippen LogP) is 3.23. The summed E-state index contributed by atoms with van der Waals surface area (Å²) < 4.78 is 11.0. The van der Waals surface area contributed by atoms with Gasteiger partial charge in [0.15, 0.2) is 0 Å². The molecule has 0 heterocycles. The van der Waals surface area contributed by atoms with Gasteiger partial charge < -0.3 is 14.8 Å². The monoisotopic (exact) mass is 259 g/mol. The van der Waals surface area contributed by atoms with Crippen LogP contribution >= 0.6 is 0 Å². The van der Waals surface area contributed by atoms with Gasteiger partial charge in [0.05, 0.1) is 13.2 Å². The standard InChI is InChI=1S/C15H33NO2/c1-14(2)13-18-12-11-17-10-8-6-5-7-9-16-15(3)4/h14-16H,5-13H2,1-4H3. The second-order valence-electron chi connectivity index (χ2n) is 5.60. The Morgan fingerprint density at radius 2 is 1.44 bits per heavy atom. The summed E-state index contributed by atoms with van der Waals surface area (Å²) in [6, 6.07) is 0.610. The molecule has 0 unspecified atom stereocenters. The Hall–Kier alpha value is -0.120. The van der Waals surface area contributed by atoms with Crippen molar-refractivity contribution in [3.05, 3.63) is 0 Å². The zero-order valence-corrected chi connectivity index (χ0v) is 12.8. The second kappa shape index (κ2) is 13.3. The molecule has 0 atom stereocenters. The summed E-state index contributed by atoms with van der Waals surface area (Å²) in [5.74, 6) is 0.615. The van der Waals surface area contributed by atoms with E-state index in [-0.39, 0.29) is 0 Å². The van der Waals surface area contributed by atoms with Crippen molar-refractivity contribution < 1.29 is 9.47 Å². The zero-order chi connectivity index (χ0) is 13.6. The maximum absolute atomic E-state index is 5.52. The molecule has 0 rings (SSSR count). The van der Waals surface area contributed by atoms with Gasteiger partial charge in [0.2, 0.25) is 0 Å². The van der Waals surface area contributed by atoms with Gasteiger partial charge in [0.1, 0.15) is 0 Å². The Labute approximate surface area is 114 Å². The van der Waals surface area contributed by atoms with E-state index in [1.807, 2.05) is 0 Å². The lowest BCUT2D eigenvalue weighted by Crippen LogP contribution is -2.23. The van der Waals surface area contributed by atoms with Crippen molar-refractivity contribution in [3.63, 3.8) is 0 Å². The average Bonchev–Trinajstić information content (AvgIpc) is 2.29. The molecule has 18 heavy (non-hydrogen) atoms. The number of rotatable bonds is 13. The quantitative estimate of drug-likeness (QED) is 0.515. The Morgan fingerprint density at radius 3 is 2.11 bits per heavy atom. The van der Waals surface area contributed by atoms with Crippen LogP contribution in [-0.4, -0.2) is 39.0 Å². The normalized spacial score (nSPS) is 11.7.